The van der Waals surface area contributed by atoms with E-state index in [0.29, 0.717) is 16.9 Å². The number of amides is 1. The van der Waals surface area contributed by atoms with E-state index in [4.69, 9.17) is 15.2 Å². The number of rotatable bonds is 4. The van der Waals surface area contributed by atoms with E-state index in [1.165, 1.54) is 4.90 Å². The van der Waals surface area contributed by atoms with Crippen LogP contribution in [0, 0.1) is 11.3 Å². The number of ether oxygens (including phenoxy) is 2. The lowest BCUT2D eigenvalue weighted by molar-refractivity contribution is -0.139. The molecule has 1 aliphatic heterocycles. The maximum absolute atomic E-state index is 12.4. The van der Waals surface area contributed by atoms with Crippen molar-refractivity contribution in [2.45, 2.75) is 19.8 Å². The van der Waals surface area contributed by atoms with Crippen molar-refractivity contribution in [1.82, 2.24) is 4.90 Å². The fraction of sp³-hybridized carbons (Fsp3) is 0.316. The summed E-state index contributed by atoms with van der Waals surface area (Å²) in [5, 5.41) is 9.52. The first-order valence-electron chi connectivity index (χ1n) is 8.08. The van der Waals surface area contributed by atoms with Crippen LogP contribution in [0.3, 0.4) is 0 Å². The summed E-state index contributed by atoms with van der Waals surface area (Å²) in [7, 11) is 3.33. The van der Waals surface area contributed by atoms with Crippen LogP contribution in [0.2, 0.25) is 0 Å². The van der Waals surface area contributed by atoms with Crippen LogP contribution in [0.15, 0.2) is 47.1 Å². The third kappa shape index (κ3) is 3.54. The first kappa shape index (κ1) is 19.1. The molecule has 1 atom stereocenters. The molecule has 26 heavy (non-hydrogen) atoms. The maximum atomic E-state index is 12.4. The number of nitrogens with two attached hydrogens (primary N) is 1. The molecule has 0 spiro atoms. The van der Waals surface area contributed by atoms with Gasteiger partial charge in [0.05, 0.1) is 18.1 Å². The SMILES string of the molecule is CCOC(=O)C1=C(C)OC(N)=C(C#N)C1c1ccc(C(=O)N(C)C)cc1. The highest BCUT2D eigenvalue weighted by Gasteiger charge is 2.36. The summed E-state index contributed by atoms with van der Waals surface area (Å²) in [5.74, 6) is -1.17. The zero-order valence-electron chi connectivity index (χ0n) is 15.2. The van der Waals surface area contributed by atoms with Crippen LogP contribution in [0.5, 0.6) is 0 Å². The first-order chi connectivity index (χ1) is 12.3. The molecule has 0 saturated heterocycles. The second-order valence-electron chi connectivity index (χ2n) is 5.94. The fourth-order valence-electron chi connectivity index (χ4n) is 2.76. The molecule has 1 heterocycles. The standard InChI is InChI=1S/C19H21N3O4/c1-5-25-19(24)15-11(2)26-17(21)14(10-20)16(15)12-6-8-13(9-7-12)18(23)22(3)4/h6-9,16H,5,21H2,1-4H3. The second kappa shape index (κ2) is 7.74. The van der Waals surface area contributed by atoms with Crippen molar-refractivity contribution in [3.05, 3.63) is 58.2 Å². The van der Waals surface area contributed by atoms with Gasteiger partial charge in [0.25, 0.3) is 5.91 Å². The zero-order valence-corrected chi connectivity index (χ0v) is 15.2. The van der Waals surface area contributed by atoms with Gasteiger partial charge in [0.1, 0.15) is 17.4 Å². The Balaban J connectivity index is 2.53. The number of hydrogen-bond acceptors (Lipinski definition) is 6. The Bertz CT molecular complexity index is 829. The van der Waals surface area contributed by atoms with Gasteiger partial charge >= 0.3 is 5.97 Å². The number of nitrogens with zero attached hydrogens (tertiary/aromatic N) is 2. The minimum Gasteiger partial charge on any atom is -0.463 e. The Labute approximate surface area is 152 Å². The topological polar surface area (TPSA) is 106 Å². The smallest absolute Gasteiger partial charge is 0.338 e. The fourth-order valence-corrected chi connectivity index (χ4v) is 2.76. The normalized spacial score (nSPS) is 16.7. The van der Waals surface area contributed by atoms with Gasteiger partial charge in [0.15, 0.2) is 0 Å². The monoisotopic (exact) mass is 355 g/mol. The van der Waals surface area contributed by atoms with Gasteiger partial charge in [-0.3, -0.25) is 4.79 Å². The van der Waals surface area contributed by atoms with Crippen molar-refractivity contribution in [1.29, 1.82) is 5.26 Å². The van der Waals surface area contributed by atoms with Crippen LogP contribution in [-0.4, -0.2) is 37.5 Å². The van der Waals surface area contributed by atoms with E-state index in [9.17, 15) is 14.9 Å². The number of carbonyl (C=O) groups excluding carboxylic acids is 2. The van der Waals surface area contributed by atoms with Crippen molar-refractivity contribution in [2.75, 3.05) is 20.7 Å². The molecule has 1 aliphatic rings. The van der Waals surface area contributed by atoms with Crippen LogP contribution in [0.4, 0.5) is 0 Å². The molecule has 1 amide bonds. The molecule has 0 aromatic heterocycles. The molecule has 0 fully saturated rings. The Hall–Kier alpha value is -3.27. The average Bonchev–Trinajstić information content (AvgIpc) is 2.60. The van der Waals surface area contributed by atoms with Crippen molar-refractivity contribution in [2.24, 2.45) is 5.73 Å². The van der Waals surface area contributed by atoms with E-state index in [1.807, 2.05) is 6.07 Å². The Morgan fingerprint density at radius 3 is 2.42 bits per heavy atom. The number of allylic oxidation sites excluding steroid dienone is 2. The lowest BCUT2D eigenvalue weighted by Crippen LogP contribution is -2.26. The van der Waals surface area contributed by atoms with E-state index in [2.05, 4.69) is 0 Å². The molecule has 7 heteroatoms. The third-order valence-corrected chi connectivity index (χ3v) is 4.00. The van der Waals surface area contributed by atoms with Crippen molar-refractivity contribution in [3.63, 3.8) is 0 Å². The van der Waals surface area contributed by atoms with Crippen LogP contribution in [0.25, 0.3) is 0 Å². The summed E-state index contributed by atoms with van der Waals surface area (Å²) in [6.07, 6.45) is 0. The molecule has 1 aromatic rings. The van der Waals surface area contributed by atoms with Gasteiger partial charge in [0, 0.05) is 19.7 Å². The number of esters is 1. The molecule has 0 bridgehead atoms. The Morgan fingerprint density at radius 2 is 1.92 bits per heavy atom. The summed E-state index contributed by atoms with van der Waals surface area (Å²) in [6, 6.07) is 8.71. The lowest BCUT2D eigenvalue weighted by atomic mass is 9.83. The molecule has 2 rings (SSSR count). The van der Waals surface area contributed by atoms with Gasteiger partial charge in [-0.1, -0.05) is 12.1 Å². The predicted molar refractivity (Wildman–Crippen MR) is 94.4 cm³/mol. The molecule has 0 saturated carbocycles. The average molecular weight is 355 g/mol. The zero-order chi connectivity index (χ0) is 19.4. The molecule has 7 nitrogen and oxygen atoms in total. The van der Waals surface area contributed by atoms with Crippen molar-refractivity contribution < 1.29 is 19.1 Å². The number of benzene rings is 1. The van der Waals surface area contributed by atoms with Crippen LogP contribution >= 0.6 is 0 Å². The highest BCUT2D eigenvalue weighted by atomic mass is 16.5. The highest BCUT2D eigenvalue weighted by molar-refractivity contribution is 5.94. The number of hydrogen-bond donors (Lipinski definition) is 1. The molecular formula is C19H21N3O4. The van der Waals surface area contributed by atoms with Crippen LogP contribution in [-0.2, 0) is 14.3 Å². The van der Waals surface area contributed by atoms with Gasteiger partial charge in [0.2, 0.25) is 5.88 Å². The van der Waals surface area contributed by atoms with Gasteiger partial charge in [-0.2, -0.15) is 5.26 Å². The largest absolute Gasteiger partial charge is 0.463 e. The summed E-state index contributed by atoms with van der Waals surface area (Å²) < 4.78 is 10.5. The highest BCUT2D eigenvalue weighted by Crippen LogP contribution is 2.39. The van der Waals surface area contributed by atoms with Gasteiger partial charge in [-0.25, -0.2) is 4.79 Å². The van der Waals surface area contributed by atoms with E-state index < -0.39 is 11.9 Å². The van der Waals surface area contributed by atoms with Gasteiger partial charge < -0.3 is 20.1 Å². The van der Waals surface area contributed by atoms with E-state index in [1.54, 1.807) is 52.2 Å². The quantitative estimate of drug-likeness (QED) is 0.829. The minimum absolute atomic E-state index is 0.0449. The summed E-state index contributed by atoms with van der Waals surface area (Å²) in [4.78, 5) is 26.0. The van der Waals surface area contributed by atoms with E-state index >= 15 is 0 Å². The van der Waals surface area contributed by atoms with Gasteiger partial charge in [-0.05, 0) is 31.5 Å². The van der Waals surface area contributed by atoms with Crippen molar-refractivity contribution in [3.8, 4) is 6.07 Å². The Morgan fingerprint density at radius 1 is 1.31 bits per heavy atom. The molecule has 0 radical (unpaired) electrons. The van der Waals surface area contributed by atoms with Gasteiger partial charge in [-0.15, -0.1) is 0 Å². The van der Waals surface area contributed by atoms with Crippen LogP contribution < -0.4 is 5.73 Å². The summed E-state index contributed by atoms with van der Waals surface area (Å²) in [6.45, 7) is 3.49. The first-order valence-corrected chi connectivity index (χ1v) is 8.08. The summed E-state index contributed by atoms with van der Waals surface area (Å²) >= 11 is 0. The molecule has 2 N–H and O–H groups in total. The third-order valence-electron chi connectivity index (χ3n) is 4.00. The summed E-state index contributed by atoms with van der Waals surface area (Å²) in [5.41, 5.74) is 7.35. The second-order valence-corrected chi connectivity index (χ2v) is 5.94. The molecule has 0 aliphatic carbocycles. The molecule has 1 unspecified atom stereocenters. The van der Waals surface area contributed by atoms with Crippen LogP contribution in [0.1, 0.15) is 35.7 Å². The number of carbonyl (C=O) groups is 2. The molecule has 1 aromatic carbocycles. The maximum Gasteiger partial charge on any atom is 0.338 e. The lowest BCUT2D eigenvalue weighted by Gasteiger charge is -2.27. The molecular weight excluding hydrogens is 334 g/mol. The van der Waals surface area contributed by atoms with E-state index in [-0.39, 0.29) is 29.5 Å². The van der Waals surface area contributed by atoms with E-state index in [0.717, 1.165) is 0 Å². The number of nitriles is 1. The minimum atomic E-state index is -0.712. The predicted octanol–water partition coefficient (Wildman–Crippen LogP) is 2.03. The molecule has 136 valence electrons. The van der Waals surface area contributed by atoms with Crippen molar-refractivity contribution >= 4 is 11.9 Å². The Kier molecular flexibility index (Phi) is 5.68.